The first-order valence-electron chi connectivity index (χ1n) is 11.4. The van der Waals surface area contributed by atoms with E-state index in [1.807, 2.05) is 30.3 Å². The van der Waals surface area contributed by atoms with E-state index in [2.05, 4.69) is 32.3 Å². The maximum Gasteiger partial charge on any atom is 0.227 e. The number of rotatable bonds is 5. The lowest BCUT2D eigenvalue weighted by atomic mass is 9.86. The largest absolute Gasteiger partial charge is 0.488 e. The minimum Gasteiger partial charge on any atom is -0.488 e. The maximum atomic E-state index is 12.6. The van der Waals surface area contributed by atoms with E-state index in [0.29, 0.717) is 0 Å². The monoisotopic (exact) mass is 432 g/mol. The Balaban J connectivity index is 1.26. The number of amides is 1. The Kier molecular flexibility index (Phi) is 6.16. The predicted molar refractivity (Wildman–Crippen MR) is 124 cm³/mol. The van der Waals surface area contributed by atoms with Crippen molar-refractivity contribution in [1.29, 1.82) is 0 Å². The van der Waals surface area contributed by atoms with Crippen molar-refractivity contribution in [2.75, 3.05) is 36.5 Å². The highest BCUT2D eigenvalue weighted by molar-refractivity contribution is 5.92. The molecule has 0 atom stereocenters. The van der Waals surface area contributed by atoms with Gasteiger partial charge >= 0.3 is 0 Å². The molecule has 1 saturated carbocycles. The van der Waals surface area contributed by atoms with Gasteiger partial charge in [-0.1, -0.05) is 18.2 Å². The number of carbonyl (C=O) groups is 1. The van der Waals surface area contributed by atoms with Gasteiger partial charge in [0.25, 0.3) is 0 Å². The van der Waals surface area contributed by atoms with E-state index in [1.54, 1.807) is 12.4 Å². The van der Waals surface area contributed by atoms with E-state index in [4.69, 9.17) is 9.47 Å². The summed E-state index contributed by atoms with van der Waals surface area (Å²) in [4.78, 5) is 24.0. The topological polar surface area (TPSA) is 76.6 Å². The molecule has 0 bridgehead atoms. The number of carbonyl (C=O) groups excluding carboxylic acids is 1. The van der Waals surface area contributed by atoms with Crippen LogP contribution < -0.4 is 15.0 Å². The lowest BCUT2D eigenvalue weighted by molar-refractivity contribution is -0.121. The van der Waals surface area contributed by atoms with Gasteiger partial charge in [-0.2, -0.15) is 0 Å². The first-order valence-corrected chi connectivity index (χ1v) is 11.4. The van der Waals surface area contributed by atoms with Crippen LogP contribution in [0.1, 0.15) is 25.7 Å². The second kappa shape index (κ2) is 9.53. The Morgan fingerprint density at radius 2 is 1.75 bits per heavy atom. The summed E-state index contributed by atoms with van der Waals surface area (Å²) in [5.41, 5.74) is 3.56. The Morgan fingerprint density at radius 3 is 2.53 bits per heavy atom. The molecule has 1 saturated heterocycles. The summed E-state index contributed by atoms with van der Waals surface area (Å²) in [6.45, 7) is 3.16. The van der Waals surface area contributed by atoms with Crippen molar-refractivity contribution < 1.29 is 14.3 Å². The third kappa shape index (κ3) is 4.67. The van der Waals surface area contributed by atoms with E-state index in [0.717, 1.165) is 80.1 Å². The van der Waals surface area contributed by atoms with Gasteiger partial charge in [0.2, 0.25) is 5.91 Å². The molecular weight excluding hydrogens is 404 g/mol. The number of nitrogens with zero attached hydrogens (tertiary/aromatic N) is 3. The zero-order valence-electron chi connectivity index (χ0n) is 18.1. The molecule has 2 fully saturated rings. The molecule has 7 nitrogen and oxygen atoms in total. The minimum atomic E-state index is 0.0197. The van der Waals surface area contributed by atoms with Gasteiger partial charge in [0.15, 0.2) is 0 Å². The number of benzene rings is 2. The third-order valence-electron chi connectivity index (χ3n) is 6.28. The Hall–Kier alpha value is -3.19. The van der Waals surface area contributed by atoms with Crippen LogP contribution in [0.15, 0.2) is 54.9 Å². The van der Waals surface area contributed by atoms with Crippen LogP contribution in [0.2, 0.25) is 0 Å². The molecule has 166 valence electrons. The molecule has 0 spiro atoms. The SMILES string of the molecule is O=C(Nc1ccccc1)C1CCC(Oc2cc(N3CCOCC3)cc3nccnc23)CC1. The molecule has 7 heteroatoms. The molecular formula is C25H28N4O3. The van der Waals surface area contributed by atoms with Crippen LogP contribution in [-0.4, -0.2) is 48.3 Å². The van der Waals surface area contributed by atoms with Gasteiger partial charge in [0.1, 0.15) is 11.3 Å². The summed E-state index contributed by atoms with van der Waals surface area (Å²) in [5, 5.41) is 3.03. The van der Waals surface area contributed by atoms with Gasteiger partial charge in [-0.15, -0.1) is 0 Å². The first-order chi connectivity index (χ1) is 15.8. The number of para-hydroxylation sites is 1. The summed E-state index contributed by atoms with van der Waals surface area (Å²) >= 11 is 0. The number of ether oxygens (including phenoxy) is 2. The summed E-state index contributed by atoms with van der Waals surface area (Å²) in [6.07, 6.45) is 6.81. The number of nitrogens with one attached hydrogen (secondary N) is 1. The fourth-order valence-electron chi connectivity index (χ4n) is 4.51. The minimum absolute atomic E-state index is 0.0197. The van der Waals surface area contributed by atoms with Crippen LogP contribution in [-0.2, 0) is 9.53 Å². The second-order valence-corrected chi connectivity index (χ2v) is 8.41. The molecule has 5 rings (SSSR count). The van der Waals surface area contributed by atoms with Crippen LogP contribution in [0.4, 0.5) is 11.4 Å². The van der Waals surface area contributed by atoms with Crippen LogP contribution in [0, 0.1) is 5.92 Å². The van der Waals surface area contributed by atoms with Crippen molar-refractivity contribution in [3.63, 3.8) is 0 Å². The molecule has 1 N–H and O–H groups in total. The molecule has 2 aliphatic rings. The molecule has 1 amide bonds. The fraction of sp³-hybridized carbons (Fsp3) is 0.400. The van der Waals surface area contributed by atoms with Gasteiger partial charge in [-0.05, 0) is 43.9 Å². The molecule has 2 heterocycles. The molecule has 2 aromatic carbocycles. The number of morpholine rings is 1. The maximum absolute atomic E-state index is 12.6. The Labute approximate surface area is 187 Å². The zero-order chi connectivity index (χ0) is 21.8. The van der Waals surface area contributed by atoms with Crippen LogP contribution >= 0.6 is 0 Å². The number of aromatic nitrogens is 2. The highest BCUT2D eigenvalue weighted by Crippen LogP contribution is 2.34. The lowest BCUT2D eigenvalue weighted by Crippen LogP contribution is -2.36. The van der Waals surface area contributed by atoms with Crippen molar-refractivity contribution in [3.8, 4) is 5.75 Å². The van der Waals surface area contributed by atoms with Crippen molar-refractivity contribution in [1.82, 2.24) is 9.97 Å². The molecule has 3 aromatic rings. The summed E-state index contributed by atoms with van der Waals surface area (Å²) in [5.74, 6) is 0.890. The molecule has 32 heavy (non-hydrogen) atoms. The molecule has 0 unspecified atom stereocenters. The van der Waals surface area contributed by atoms with Crippen molar-refractivity contribution in [2.24, 2.45) is 5.92 Å². The molecule has 1 aromatic heterocycles. The Bertz CT molecular complexity index is 1060. The number of anilines is 2. The Morgan fingerprint density at radius 1 is 1.00 bits per heavy atom. The predicted octanol–water partition coefficient (Wildman–Crippen LogP) is 4.04. The lowest BCUT2D eigenvalue weighted by Gasteiger charge is -2.31. The average Bonchev–Trinajstić information content (AvgIpc) is 2.85. The van der Waals surface area contributed by atoms with Gasteiger partial charge in [-0.25, -0.2) is 4.98 Å². The summed E-state index contributed by atoms with van der Waals surface area (Å²) in [7, 11) is 0. The van der Waals surface area contributed by atoms with Gasteiger partial charge in [-0.3, -0.25) is 9.78 Å². The van der Waals surface area contributed by atoms with Gasteiger partial charge in [0.05, 0.1) is 24.8 Å². The van der Waals surface area contributed by atoms with E-state index in [-0.39, 0.29) is 17.9 Å². The summed E-state index contributed by atoms with van der Waals surface area (Å²) in [6, 6.07) is 13.8. The standard InChI is InChI=1S/C25H28N4O3/c30-25(28-19-4-2-1-3-5-19)18-6-8-21(9-7-18)32-23-17-20(29-12-14-31-15-13-29)16-22-24(23)27-11-10-26-22/h1-5,10-11,16-18,21H,6-9,12-15H2,(H,28,30). The summed E-state index contributed by atoms with van der Waals surface area (Å²) < 4.78 is 11.9. The molecule has 1 aliphatic heterocycles. The smallest absolute Gasteiger partial charge is 0.227 e. The number of fused-ring (bicyclic) bond motifs is 1. The number of hydrogen-bond acceptors (Lipinski definition) is 6. The fourth-order valence-corrected chi connectivity index (χ4v) is 4.51. The number of hydrogen-bond donors (Lipinski definition) is 1. The van der Waals surface area contributed by atoms with Crippen molar-refractivity contribution in [3.05, 3.63) is 54.9 Å². The van der Waals surface area contributed by atoms with Crippen molar-refractivity contribution in [2.45, 2.75) is 31.8 Å². The highest BCUT2D eigenvalue weighted by Gasteiger charge is 2.28. The highest BCUT2D eigenvalue weighted by atomic mass is 16.5. The first kappa shape index (κ1) is 20.7. The normalized spacial score (nSPS) is 21.3. The van der Waals surface area contributed by atoms with E-state index in [9.17, 15) is 4.79 Å². The molecule has 0 radical (unpaired) electrons. The molecule has 1 aliphatic carbocycles. The van der Waals surface area contributed by atoms with Crippen LogP contribution in [0.25, 0.3) is 11.0 Å². The quantitative estimate of drug-likeness (QED) is 0.656. The van der Waals surface area contributed by atoms with E-state index >= 15 is 0 Å². The van der Waals surface area contributed by atoms with Crippen LogP contribution in [0.5, 0.6) is 5.75 Å². The van der Waals surface area contributed by atoms with Gasteiger partial charge in [0, 0.05) is 48.8 Å². The average molecular weight is 433 g/mol. The zero-order valence-corrected chi connectivity index (χ0v) is 18.1. The van der Waals surface area contributed by atoms with Crippen molar-refractivity contribution >= 4 is 28.3 Å². The van der Waals surface area contributed by atoms with Gasteiger partial charge < -0.3 is 19.7 Å². The van der Waals surface area contributed by atoms with E-state index in [1.165, 1.54) is 0 Å². The third-order valence-corrected chi connectivity index (χ3v) is 6.28. The van der Waals surface area contributed by atoms with E-state index < -0.39 is 0 Å². The second-order valence-electron chi connectivity index (χ2n) is 8.41. The van der Waals surface area contributed by atoms with Crippen LogP contribution in [0.3, 0.4) is 0 Å².